The van der Waals surface area contributed by atoms with Crippen molar-refractivity contribution >= 4 is 23.0 Å². The highest BCUT2D eigenvalue weighted by atomic mass is 16.7. The number of non-ortho nitro benzene ring substituents is 1. The number of nitrogens with zero attached hydrogens (tertiary/aromatic N) is 1. The molecule has 1 aliphatic heterocycles. The number of nitro groups is 1. The molecule has 3 aromatic rings. The lowest BCUT2D eigenvalue weighted by Crippen LogP contribution is -2.54. The summed E-state index contributed by atoms with van der Waals surface area (Å²) in [4.78, 5) is 50.9. The molecule has 14 nitrogen and oxygen atoms in total. The summed E-state index contributed by atoms with van der Waals surface area (Å²) in [5.74, 6) is -3.39. The Balaban J connectivity index is 1.36. The molecule has 6 rings (SSSR count). The number of Topliss-reactive ketones (excluding diaryl/α,β-unsaturated/α-hetero) is 1. The summed E-state index contributed by atoms with van der Waals surface area (Å²) in [6.45, 7) is 2.94. The number of aromatic hydroxyl groups is 2. The molecule has 5 N–H and O–H groups in total. The SMILES string of the molecule is COc1cccc2c1C(=O)c1c(O)c3c(c(O)c1C2=O)C[C@@](O)(C(C)=O)C[C@@H]3OC1CC(NCc2cccc([N+](=O)[O-])c2)C(O)C(C)O1. The highest BCUT2D eigenvalue weighted by Crippen LogP contribution is 2.52. The standard InChI is InChI=1S/C34H34N2O12/c1-15-29(38)21(35-14-17-6-4-7-18(10-17)36(44)45)11-24(47-15)48-23-13-34(43,16(2)37)12-20-26(23)33(42)28-27(31(20)40)30(39)19-8-5-9-22(46-3)25(19)32(28)41/h4-10,15,21,23-24,29,35,38,40,42-43H,11-14H2,1-3H3/t15?,21?,23-,24?,29?,34-/m0/s1. The van der Waals surface area contributed by atoms with Crippen molar-refractivity contribution < 1.29 is 53.9 Å². The van der Waals surface area contributed by atoms with Gasteiger partial charge in [0.25, 0.3) is 5.69 Å². The summed E-state index contributed by atoms with van der Waals surface area (Å²) < 4.78 is 17.5. The number of rotatable bonds is 8. The van der Waals surface area contributed by atoms with Crippen LogP contribution < -0.4 is 10.1 Å². The Morgan fingerprint density at radius 3 is 2.50 bits per heavy atom. The topological polar surface area (TPSA) is 215 Å². The molecule has 1 heterocycles. The number of benzene rings is 3. The Hall–Kier alpha value is -4.73. The number of nitrogens with one attached hydrogen (secondary N) is 1. The van der Waals surface area contributed by atoms with Crippen molar-refractivity contribution in [2.45, 2.75) is 75.9 Å². The van der Waals surface area contributed by atoms with Crippen molar-refractivity contribution in [2.24, 2.45) is 0 Å². The maximum absolute atomic E-state index is 13.8. The zero-order chi connectivity index (χ0) is 34.7. The van der Waals surface area contributed by atoms with Crippen LogP contribution in [0, 0.1) is 10.1 Å². The van der Waals surface area contributed by atoms with Crippen LogP contribution in [-0.2, 0) is 27.2 Å². The molecule has 6 atom stereocenters. The van der Waals surface area contributed by atoms with Gasteiger partial charge < -0.3 is 40.0 Å². The average Bonchev–Trinajstić information content (AvgIpc) is 3.05. The van der Waals surface area contributed by atoms with Gasteiger partial charge in [-0.2, -0.15) is 0 Å². The second-order valence-corrected chi connectivity index (χ2v) is 12.4. The monoisotopic (exact) mass is 662 g/mol. The Labute approximate surface area is 274 Å². The fourth-order valence-corrected chi connectivity index (χ4v) is 6.86. The Morgan fingerprint density at radius 2 is 1.81 bits per heavy atom. The highest BCUT2D eigenvalue weighted by Gasteiger charge is 2.49. The number of aliphatic hydroxyl groups is 2. The van der Waals surface area contributed by atoms with Crippen LogP contribution in [0.15, 0.2) is 42.5 Å². The molecular weight excluding hydrogens is 628 g/mol. The first-order valence-corrected chi connectivity index (χ1v) is 15.3. The summed E-state index contributed by atoms with van der Waals surface area (Å²) >= 11 is 0. The van der Waals surface area contributed by atoms with Gasteiger partial charge in [0, 0.05) is 60.7 Å². The Kier molecular flexibility index (Phi) is 8.56. The lowest BCUT2D eigenvalue weighted by atomic mass is 9.72. The quantitative estimate of drug-likeness (QED) is 0.104. The van der Waals surface area contributed by atoms with Crippen LogP contribution in [0.4, 0.5) is 5.69 Å². The van der Waals surface area contributed by atoms with Gasteiger partial charge in [0.2, 0.25) is 5.78 Å². The van der Waals surface area contributed by atoms with Crippen molar-refractivity contribution in [3.05, 3.63) is 91.5 Å². The maximum atomic E-state index is 13.8. The molecule has 0 aromatic heterocycles. The van der Waals surface area contributed by atoms with Crippen LogP contribution in [-0.4, -0.2) is 79.9 Å². The molecule has 252 valence electrons. The number of fused-ring (bicyclic) bond motifs is 3. The van der Waals surface area contributed by atoms with Crippen LogP contribution in [0.25, 0.3) is 0 Å². The normalized spacial score (nSPS) is 26.3. The number of phenolic OH excluding ortho intramolecular Hbond substituents is 2. The third-order valence-corrected chi connectivity index (χ3v) is 9.44. The van der Waals surface area contributed by atoms with E-state index in [0.29, 0.717) is 5.56 Å². The number of carbonyl (C=O) groups is 3. The minimum atomic E-state index is -2.07. The lowest BCUT2D eigenvalue weighted by Gasteiger charge is -2.43. The third-order valence-electron chi connectivity index (χ3n) is 9.44. The van der Waals surface area contributed by atoms with E-state index >= 15 is 0 Å². The van der Waals surface area contributed by atoms with Gasteiger partial charge in [-0.1, -0.05) is 24.3 Å². The van der Waals surface area contributed by atoms with Gasteiger partial charge in [0.05, 0.1) is 47.0 Å². The van der Waals surface area contributed by atoms with E-state index in [1.807, 2.05) is 0 Å². The molecule has 14 heteroatoms. The van der Waals surface area contributed by atoms with Gasteiger partial charge in [-0.25, -0.2) is 0 Å². The minimum absolute atomic E-state index is 0.0322. The number of phenols is 2. The van der Waals surface area contributed by atoms with E-state index in [1.54, 1.807) is 19.1 Å². The number of ketones is 3. The smallest absolute Gasteiger partial charge is 0.269 e. The molecule has 0 saturated carbocycles. The van der Waals surface area contributed by atoms with Crippen LogP contribution in [0.1, 0.15) is 81.3 Å². The van der Waals surface area contributed by atoms with Gasteiger partial charge in [-0.3, -0.25) is 24.5 Å². The molecule has 0 amide bonds. The zero-order valence-electron chi connectivity index (χ0n) is 26.3. The zero-order valence-corrected chi connectivity index (χ0v) is 26.3. The number of nitro benzene ring substituents is 1. The molecule has 0 bridgehead atoms. The van der Waals surface area contributed by atoms with Gasteiger partial charge in [0.15, 0.2) is 17.9 Å². The summed E-state index contributed by atoms with van der Waals surface area (Å²) in [6, 6.07) is 9.78. The third kappa shape index (κ3) is 5.50. The molecular formula is C34H34N2O12. The summed E-state index contributed by atoms with van der Waals surface area (Å²) in [5, 5.41) is 59.9. The molecule has 1 saturated heterocycles. The molecule has 4 unspecified atom stereocenters. The number of methoxy groups -OCH3 is 1. The number of hydrogen-bond acceptors (Lipinski definition) is 13. The van der Waals surface area contributed by atoms with E-state index in [2.05, 4.69) is 5.32 Å². The largest absolute Gasteiger partial charge is 0.507 e. The van der Waals surface area contributed by atoms with Gasteiger partial charge in [-0.15, -0.1) is 0 Å². The first kappa shape index (κ1) is 33.2. The number of ether oxygens (including phenoxy) is 3. The van der Waals surface area contributed by atoms with Crippen LogP contribution in [0.3, 0.4) is 0 Å². The van der Waals surface area contributed by atoms with Crippen LogP contribution in [0.2, 0.25) is 0 Å². The van der Waals surface area contributed by atoms with Crippen molar-refractivity contribution in [1.82, 2.24) is 5.32 Å². The first-order valence-electron chi connectivity index (χ1n) is 15.3. The second-order valence-electron chi connectivity index (χ2n) is 12.4. The molecule has 48 heavy (non-hydrogen) atoms. The number of aliphatic hydroxyl groups excluding tert-OH is 1. The average molecular weight is 663 g/mol. The van der Waals surface area contributed by atoms with Crippen LogP contribution >= 0.6 is 0 Å². The van der Waals surface area contributed by atoms with E-state index in [9.17, 15) is 44.9 Å². The summed E-state index contributed by atoms with van der Waals surface area (Å²) in [7, 11) is 1.33. The van der Waals surface area contributed by atoms with Gasteiger partial charge in [0.1, 0.15) is 22.8 Å². The maximum Gasteiger partial charge on any atom is 0.269 e. The summed E-state index contributed by atoms with van der Waals surface area (Å²) in [6.07, 6.45) is -5.02. The van der Waals surface area contributed by atoms with Crippen molar-refractivity contribution in [1.29, 1.82) is 0 Å². The minimum Gasteiger partial charge on any atom is -0.507 e. The van der Waals surface area contributed by atoms with Crippen molar-refractivity contribution in [2.75, 3.05) is 7.11 Å². The second kappa shape index (κ2) is 12.4. The molecule has 1 fully saturated rings. The van der Waals surface area contributed by atoms with Gasteiger partial charge in [-0.05, 0) is 25.5 Å². The highest BCUT2D eigenvalue weighted by molar-refractivity contribution is 6.31. The van der Waals surface area contributed by atoms with E-state index in [4.69, 9.17) is 14.2 Å². The van der Waals surface area contributed by atoms with Crippen LogP contribution in [0.5, 0.6) is 17.2 Å². The molecule has 2 aliphatic carbocycles. The van der Waals surface area contributed by atoms with E-state index < -0.39 is 87.6 Å². The van der Waals surface area contributed by atoms with Crippen molar-refractivity contribution in [3.8, 4) is 17.2 Å². The fourth-order valence-electron chi connectivity index (χ4n) is 6.86. The Morgan fingerprint density at radius 1 is 1.10 bits per heavy atom. The fraction of sp³-hybridized carbons (Fsp3) is 0.382. The summed E-state index contributed by atoms with van der Waals surface area (Å²) in [5.41, 5.74) is -2.81. The number of carbonyl (C=O) groups excluding carboxylic acids is 3. The van der Waals surface area contributed by atoms with Crippen molar-refractivity contribution in [3.63, 3.8) is 0 Å². The van der Waals surface area contributed by atoms with E-state index in [0.717, 1.165) is 6.92 Å². The predicted molar refractivity (Wildman–Crippen MR) is 166 cm³/mol. The van der Waals surface area contributed by atoms with Gasteiger partial charge >= 0.3 is 0 Å². The lowest BCUT2D eigenvalue weighted by molar-refractivity contribution is -0.384. The van der Waals surface area contributed by atoms with E-state index in [-0.39, 0.29) is 53.1 Å². The Bertz CT molecular complexity index is 1860. The first-order chi connectivity index (χ1) is 22.7. The molecule has 0 spiro atoms. The predicted octanol–water partition coefficient (Wildman–Crippen LogP) is 2.77. The molecule has 0 radical (unpaired) electrons. The van der Waals surface area contributed by atoms with E-state index in [1.165, 1.54) is 37.4 Å². The molecule has 3 aromatic carbocycles. The molecule has 3 aliphatic rings. The number of hydrogen-bond donors (Lipinski definition) is 5.